The van der Waals surface area contributed by atoms with Crippen molar-refractivity contribution in [1.82, 2.24) is 0 Å². The van der Waals surface area contributed by atoms with E-state index in [1.54, 1.807) is 12.1 Å². The van der Waals surface area contributed by atoms with Crippen LogP contribution in [0.1, 0.15) is 63.2 Å². The normalized spacial score (nSPS) is 22.2. The third kappa shape index (κ3) is 3.43. The zero-order valence-electron chi connectivity index (χ0n) is 12.8. The summed E-state index contributed by atoms with van der Waals surface area (Å²) in [6, 6.07) is 6.09. The molecule has 0 aliphatic heterocycles. The van der Waals surface area contributed by atoms with E-state index in [2.05, 4.69) is 13.8 Å². The van der Waals surface area contributed by atoms with Crippen LogP contribution in [-0.4, -0.2) is 11.7 Å². The van der Waals surface area contributed by atoms with Crippen LogP contribution in [0.2, 0.25) is 0 Å². The number of halogens is 2. The second kappa shape index (κ2) is 6.01. The van der Waals surface area contributed by atoms with Crippen molar-refractivity contribution in [2.45, 2.75) is 52.1 Å². The molecule has 1 atom stereocenters. The monoisotopic (exact) mass is 297 g/mol. The topological polar surface area (TPSA) is 46.2 Å². The van der Waals surface area contributed by atoms with Gasteiger partial charge in [0.15, 0.2) is 0 Å². The largest absolute Gasteiger partial charge is 0.388 e. The average Bonchev–Trinajstić information content (AvgIpc) is 2.47. The van der Waals surface area contributed by atoms with Gasteiger partial charge in [0.25, 0.3) is 6.43 Å². The highest BCUT2D eigenvalue weighted by Gasteiger charge is 2.43. The Balaban J connectivity index is 2.24. The minimum atomic E-state index is -2.52. The van der Waals surface area contributed by atoms with Crippen LogP contribution in [0.3, 0.4) is 0 Å². The van der Waals surface area contributed by atoms with E-state index in [-0.39, 0.29) is 11.0 Å². The second-order valence-corrected chi connectivity index (χ2v) is 7.10. The Kier molecular flexibility index (Phi) is 4.69. The lowest BCUT2D eigenvalue weighted by Crippen LogP contribution is -2.41. The summed E-state index contributed by atoms with van der Waals surface area (Å²) in [6.07, 6.45) is 0.354. The number of alkyl halides is 2. The van der Waals surface area contributed by atoms with Gasteiger partial charge in [0.05, 0.1) is 6.10 Å². The molecule has 0 radical (unpaired) electrons. The summed E-state index contributed by atoms with van der Waals surface area (Å²) >= 11 is 0. The maximum Gasteiger partial charge on any atom is 0.263 e. The molecule has 1 aliphatic rings. The summed E-state index contributed by atoms with van der Waals surface area (Å²) < 4.78 is 25.7. The molecule has 1 aromatic carbocycles. The Morgan fingerprint density at radius 3 is 2.24 bits per heavy atom. The highest BCUT2D eigenvalue weighted by atomic mass is 19.3. The number of benzene rings is 1. The minimum Gasteiger partial charge on any atom is -0.388 e. The standard InChI is InChI=1S/C17H25F2NO/c1-16(2)6-8-17(11-20,9-7-16)14(21)12-4-3-5-13(10-12)15(18)19/h3-5,10,14-15,21H,6-9,11,20H2,1-2H3. The number of aliphatic hydroxyl groups is 1. The summed E-state index contributed by atoms with van der Waals surface area (Å²) in [5.74, 6) is 0. The van der Waals surface area contributed by atoms with Crippen LogP contribution in [-0.2, 0) is 0 Å². The molecular formula is C17H25F2NO. The van der Waals surface area contributed by atoms with Gasteiger partial charge in [-0.15, -0.1) is 0 Å². The van der Waals surface area contributed by atoms with Gasteiger partial charge in [-0.05, 0) is 42.7 Å². The van der Waals surface area contributed by atoms with Gasteiger partial charge in [0.1, 0.15) is 0 Å². The van der Waals surface area contributed by atoms with Crippen molar-refractivity contribution in [3.63, 3.8) is 0 Å². The molecule has 0 amide bonds. The molecule has 0 bridgehead atoms. The quantitative estimate of drug-likeness (QED) is 0.874. The minimum absolute atomic E-state index is 0.0464. The van der Waals surface area contributed by atoms with Crippen molar-refractivity contribution in [2.75, 3.05) is 6.54 Å². The molecule has 118 valence electrons. The van der Waals surface area contributed by atoms with Gasteiger partial charge in [0, 0.05) is 17.5 Å². The summed E-state index contributed by atoms with van der Waals surface area (Å²) in [5.41, 5.74) is 6.34. The summed E-state index contributed by atoms with van der Waals surface area (Å²) in [7, 11) is 0. The third-order valence-corrected chi connectivity index (χ3v) is 5.06. The fraction of sp³-hybridized carbons (Fsp3) is 0.647. The summed E-state index contributed by atoms with van der Waals surface area (Å²) in [6.45, 7) is 4.82. The van der Waals surface area contributed by atoms with Crippen molar-refractivity contribution in [1.29, 1.82) is 0 Å². The van der Waals surface area contributed by atoms with E-state index in [1.165, 1.54) is 12.1 Å². The Morgan fingerprint density at radius 2 is 1.71 bits per heavy atom. The summed E-state index contributed by atoms with van der Waals surface area (Å²) in [5, 5.41) is 10.7. The molecule has 0 heterocycles. The van der Waals surface area contributed by atoms with E-state index >= 15 is 0 Å². The molecule has 4 heteroatoms. The SMILES string of the molecule is CC1(C)CCC(CN)(C(O)c2cccc(C(F)F)c2)CC1. The average molecular weight is 297 g/mol. The van der Waals surface area contributed by atoms with Crippen LogP contribution in [0.4, 0.5) is 8.78 Å². The van der Waals surface area contributed by atoms with Gasteiger partial charge in [-0.25, -0.2) is 8.78 Å². The van der Waals surface area contributed by atoms with Crippen LogP contribution in [0, 0.1) is 10.8 Å². The molecule has 2 nitrogen and oxygen atoms in total. The van der Waals surface area contributed by atoms with Gasteiger partial charge < -0.3 is 10.8 Å². The molecule has 1 fully saturated rings. The van der Waals surface area contributed by atoms with E-state index in [0.717, 1.165) is 25.7 Å². The molecule has 0 saturated heterocycles. The molecule has 1 aliphatic carbocycles. The Bertz CT molecular complexity index is 477. The first-order valence-electron chi connectivity index (χ1n) is 7.56. The van der Waals surface area contributed by atoms with Crippen molar-refractivity contribution < 1.29 is 13.9 Å². The third-order valence-electron chi connectivity index (χ3n) is 5.06. The van der Waals surface area contributed by atoms with Crippen molar-refractivity contribution >= 4 is 0 Å². The zero-order chi connectivity index (χ0) is 15.7. The van der Waals surface area contributed by atoms with Gasteiger partial charge in [-0.2, -0.15) is 0 Å². The van der Waals surface area contributed by atoms with E-state index in [1.807, 2.05) is 0 Å². The predicted octanol–water partition coefficient (Wildman–Crippen LogP) is 4.20. The number of aliphatic hydroxyl groups excluding tert-OH is 1. The Hall–Kier alpha value is -1.00. The first-order valence-corrected chi connectivity index (χ1v) is 7.56. The second-order valence-electron chi connectivity index (χ2n) is 7.10. The van der Waals surface area contributed by atoms with Gasteiger partial charge in [0.2, 0.25) is 0 Å². The number of hydrogen-bond acceptors (Lipinski definition) is 2. The predicted molar refractivity (Wildman–Crippen MR) is 80.1 cm³/mol. The molecule has 1 unspecified atom stereocenters. The van der Waals surface area contributed by atoms with Crippen LogP contribution >= 0.6 is 0 Å². The molecule has 1 saturated carbocycles. The fourth-order valence-electron chi connectivity index (χ4n) is 3.23. The molecule has 0 spiro atoms. The highest BCUT2D eigenvalue weighted by Crippen LogP contribution is 2.50. The lowest BCUT2D eigenvalue weighted by atomic mass is 9.62. The molecule has 3 N–H and O–H groups in total. The van der Waals surface area contributed by atoms with Crippen molar-refractivity contribution in [2.24, 2.45) is 16.6 Å². The van der Waals surface area contributed by atoms with Gasteiger partial charge >= 0.3 is 0 Å². The maximum atomic E-state index is 12.8. The van der Waals surface area contributed by atoms with Crippen LogP contribution in [0.5, 0.6) is 0 Å². The zero-order valence-corrected chi connectivity index (χ0v) is 12.8. The number of nitrogens with two attached hydrogens (primary N) is 1. The van der Waals surface area contributed by atoms with Crippen LogP contribution < -0.4 is 5.73 Å². The first kappa shape index (κ1) is 16.4. The highest BCUT2D eigenvalue weighted by molar-refractivity contribution is 5.27. The van der Waals surface area contributed by atoms with E-state index in [4.69, 9.17) is 5.73 Å². The summed E-state index contributed by atoms with van der Waals surface area (Å²) in [4.78, 5) is 0. The van der Waals surface area contributed by atoms with Gasteiger partial charge in [-0.1, -0.05) is 32.0 Å². The molecule has 2 rings (SSSR count). The van der Waals surface area contributed by atoms with E-state index in [9.17, 15) is 13.9 Å². The van der Waals surface area contributed by atoms with Crippen molar-refractivity contribution in [3.8, 4) is 0 Å². The molecular weight excluding hydrogens is 272 g/mol. The molecule has 1 aromatic rings. The van der Waals surface area contributed by atoms with E-state index in [0.29, 0.717) is 12.1 Å². The lowest BCUT2D eigenvalue weighted by Gasteiger charge is -2.46. The first-order chi connectivity index (χ1) is 9.80. The van der Waals surface area contributed by atoms with Crippen LogP contribution in [0.15, 0.2) is 24.3 Å². The van der Waals surface area contributed by atoms with Crippen LogP contribution in [0.25, 0.3) is 0 Å². The maximum absolute atomic E-state index is 12.8. The lowest BCUT2D eigenvalue weighted by molar-refractivity contribution is -0.0237. The van der Waals surface area contributed by atoms with Gasteiger partial charge in [-0.3, -0.25) is 0 Å². The smallest absolute Gasteiger partial charge is 0.263 e. The van der Waals surface area contributed by atoms with E-state index < -0.39 is 17.9 Å². The Labute approximate surface area is 125 Å². The fourth-order valence-corrected chi connectivity index (χ4v) is 3.23. The Morgan fingerprint density at radius 1 is 1.14 bits per heavy atom. The molecule has 0 aromatic heterocycles. The number of hydrogen-bond donors (Lipinski definition) is 2. The number of rotatable bonds is 4. The molecule has 21 heavy (non-hydrogen) atoms. The van der Waals surface area contributed by atoms with Crippen molar-refractivity contribution in [3.05, 3.63) is 35.4 Å².